The molecule has 0 aliphatic heterocycles. The van der Waals surface area contributed by atoms with Gasteiger partial charge in [0.05, 0.1) is 23.5 Å². The predicted octanol–water partition coefficient (Wildman–Crippen LogP) is 3.11. The zero-order valence-electron chi connectivity index (χ0n) is 17.7. The molecular weight excluding hydrogens is 414 g/mol. The molecule has 8 nitrogen and oxygen atoms in total. The molecule has 1 fully saturated rings. The summed E-state index contributed by atoms with van der Waals surface area (Å²) < 4.78 is 1.95. The number of nitrogens with one attached hydrogen (secondary N) is 2. The molecule has 162 valence electrons. The number of aromatic nitrogens is 3. The summed E-state index contributed by atoms with van der Waals surface area (Å²) in [6.45, 7) is 5.98. The molecule has 1 aliphatic rings. The van der Waals surface area contributed by atoms with Crippen molar-refractivity contribution in [3.05, 3.63) is 53.3 Å². The van der Waals surface area contributed by atoms with Crippen molar-refractivity contribution >= 4 is 28.3 Å². The molecule has 1 aliphatic carbocycles. The molecule has 3 aromatic rings. The monoisotopic (exact) mass is 439 g/mol. The van der Waals surface area contributed by atoms with E-state index in [-0.39, 0.29) is 23.9 Å². The molecule has 3 aromatic heterocycles. The molecule has 0 spiro atoms. The minimum Gasteiger partial charge on any atom is -0.384 e. The van der Waals surface area contributed by atoms with Gasteiger partial charge in [0.15, 0.2) is 5.13 Å². The Balaban J connectivity index is 1.33. The molecule has 0 saturated heterocycles. The highest BCUT2D eigenvalue weighted by Crippen LogP contribution is 2.44. The van der Waals surface area contributed by atoms with Crippen LogP contribution in [0, 0.1) is 0 Å². The number of nitrogens with zero attached hydrogens (tertiary/aromatic N) is 3. The lowest BCUT2D eigenvalue weighted by atomic mass is 10.1. The summed E-state index contributed by atoms with van der Waals surface area (Å²) in [4.78, 5) is 33.5. The third-order valence-corrected chi connectivity index (χ3v) is 5.86. The quantitative estimate of drug-likeness (QED) is 0.547. The third-order valence-electron chi connectivity index (χ3n) is 5.10. The van der Waals surface area contributed by atoms with Gasteiger partial charge >= 0.3 is 0 Å². The number of carbonyl (C=O) groups is 2. The van der Waals surface area contributed by atoms with E-state index in [0.717, 1.165) is 0 Å². The molecule has 31 heavy (non-hydrogen) atoms. The molecule has 3 N–H and O–H groups in total. The van der Waals surface area contributed by atoms with Crippen LogP contribution in [0.25, 0.3) is 11.4 Å². The average molecular weight is 440 g/mol. The Morgan fingerprint density at radius 3 is 2.65 bits per heavy atom. The standard InChI is InChI=1S/C22H25N5O3S/c1-21(2,3)27-10-7-14(12-27)19(29)23-11-18(28)26-20-25-16(13-31-20)15-5-4-6-17(24-15)22(30)8-9-22/h4-7,10,12-13,30H,8-9,11H2,1-3H3,(H,23,29)(H,25,26,28). The normalized spacial score (nSPS) is 14.8. The average Bonchev–Trinajstić information content (AvgIpc) is 3.13. The van der Waals surface area contributed by atoms with E-state index < -0.39 is 5.60 Å². The van der Waals surface area contributed by atoms with Crippen LogP contribution in [0.15, 0.2) is 42.0 Å². The first-order valence-corrected chi connectivity index (χ1v) is 10.9. The highest BCUT2D eigenvalue weighted by atomic mass is 32.1. The fraction of sp³-hybridized carbons (Fsp3) is 0.364. The maximum absolute atomic E-state index is 12.3. The van der Waals surface area contributed by atoms with Crippen LogP contribution in [-0.4, -0.2) is 38.0 Å². The van der Waals surface area contributed by atoms with E-state index in [9.17, 15) is 14.7 Å². The van der Waals surface area contributed by atoms with Gasteiger partial charge in [-0.15, -0.1) is 11.3 Å². The van der Waals surface area contributed by atoms with Gasteiger partial charge in [-0.25, -0.2) is 9.97 Å². The van der Waals surface area contributed by atoms with Crippen LogP contribution in [-0.2, 0) is 15.9 Å². The number of thiazole rings is 1. The van der Waals surface area contributed by atoms with E-state index in [1.807, 2.05) is 49.7 Å². The summed E-state index contributed by atoms with van der Waals surface area (Å²) >= 11 is 1.28. The Kier molecular flexibility index (Phi) is 5.40. The van der Waals surface area contributed by atoms with Gasteiger partial charge in [0, 0.05) is 23.3 Å². The lowest BCUT2D eigenvalue weighted by Crippen LogP contribution is -2.32. The van der Waals surface area contributed by atoms with E-state index in [2.05, 4.69) is 20.6 Å². The van der Waals surface area contributed by atoms with Crippen molar-refractivity contribution in [2.45, 2.75) is 44.8 Å². The second-order valence-electron chi connectivity index (χ2n) is 8.69. The van der Waals surface area contributed by atoms with Gasteiger partial charge in [0.1, 0.15) is 11.3 Å². The SMILES string of the molecule is CC(C)(C)n1ccc(C(=O)NCC(=O)Nc2nc(-c3cccc(C4(O)CC4)n3)cs2)c1. The molecule has 9 heteroatoms. The summed E-state index contributed by atoms with van der Waals surface area (Å²) in [7, 11) is 0. The molecular formula is C22H25N5O3S. The van der Waals surface area contributed by atoms with Crippen LogP contribution in [0.5, 0.6) is 0 Å². The van der Waals surface area contributed by atoms with Crippen LogP contribution < -0.4 is 10.6 Å². The predicted molar refractivity (Wildman–Crippen MR) is 119 cm³/mol. The first kappa shape index (κ1) is 21.2. The summed E-state index contributed by atoms with van der Waals surface area (Å²) in [5.41, 5.74) is 1.48. The number of hydrogen-bond donors (Lipinski definition) is 3. The molecule has 4 rings (SSSR count). The van der Waals surface area contributed by atoms with E-state index >= 15 is 0 Å². The Labute approximate surface area is 184 Å². The van der Waals surface area contributed by atoms with Crippen LogP contribution >= 0.6 is 11.3 Å². The molecule has 0 atom stereocenters. The minimum absolute atomic E-state index is 0.122. The maximum Gasteiger partial charge on any atom is 0.253 e. The van der Waals surface area contributed by atoms with Gasteiger partial charge in [-0.05, 0) is 51.8 Å². The van der Waals surface area contributed by atoms with Crippen molar-refractivity contribution in [3.8, 4) is 11.4 Å². The van der Waals surface area contributed by atoms with E-state index in [1.54, 1.807) is 17.6 Å². The number of pyridine rings is 1. The van der Waals surface area contributed by atoms with Crippen LogP contribution in [0.3, 0.4) is 0 Å². The Bertz CT molecular complexity index is 1120. The third kappa shape index (κ3) is 4.83. The van der Waals surface area contributed by atoms with Crippen LogP contribution in [0.4, 0.5) is 5.13 Å². The van der Waals surface area contributed by atoms with Crippen molar-refractivity contribution in [1.82, 2.24) is 19.9 Å². The second kappa shape index (κ2) is 7.90. The topological polar surface area (TPSA) is 109 Å². The fourth-order valence-corrected chi connectivity index (χ4v) is 3.75. The second-order valence-corrected chi connectivity index (χ2v) is 9.54. The van der Waals surface area contributed by atoms with Crippen molar-refractivity contribution < 1.29 is 14.7 Å². The van der Waals surface area contributed by atoms with Gasteiger partial charge in [-0.1, -0.05) is 6.07 Å². The number of carbonyl (C=O) groups excluding carboxylic acids is 2. The number of hydrogen-bond acceptors (Lipinski definition) is 6. The van der Waals surface area contributed by atoms with Crippen molar-refractivity contribution in [1.29, 1.82) is 0 Å². The Morgan fingerprint density at radius 1 is 1.19 bits per heavy atom. The van der Waals surface area contributed by atoms with Gasteiger partial charge in [-0.3, -0.25) is 9.59 Å². The molecule has 0 radical (unpaired) electrons. The highest BCUT2D eigenvalue weighted by molar-refractivity contribution is 7.14. The lowest BCUT2D eigenvalue weighted by molar-refractivity contribution is -0.115. The molecule has 0 aromatic carbocycles. The lowest BCUT2D eigenvalue weighted by Gasteiger charge is -2.20. The van der Waals surface area contributed by atoms with Crippen LogP contribution in [0.2, 0.25) is 0 Å². The largest absolute Gasteiger partial charge is 0.384 e. The number of rotatable bonds is 6. The van der Waals surface area contributed by atoms with E-state index in [0.29, 0.717) is 40.6 Å². The van der Waals surface area contributed by atoms with Gasteiger partial charge in [-0.2, -0.15) is 0 Å². The fourth-order valence-electron chi connectivity index (χ4n) is 3.03. The zero-order valence-corrected chi connectivity index (χ0v) is 18.5. The smallest absolute Gasteiger partial charge is 0.253 e. The summed E-state index contributed by atoms with van der Waals surface area (Å²) in [5, 5.41) is 17.8. The molecule has 1 saturated carbocycles. The van der Waals surface area contributed by atoms with Gasteiger partial charge in [0.2, 0.25) is 5.91 Å². The Hall–Kier alpha value is -3.04. The highest BCUT2D eigenvalue weighted by Gasteiger charge is 2.43. The molecule has 2 amide bonds. The first-order chi connectivity index (χ1) is 14.6. The summed E-state index contributed by atoms with van der Waals surface area (Å²) in [6, 6.07) is 7.20. The molecule has 3 heterocycles. The summed E-state index contributed by atoms with van der Waals surface area (Å²) in [6.07, 6.45) is 5.04. The number of anilines is 1. The van der Waals surface area contributed by atoms with Gasteiger partial charge in [0.25, 0.3) is 5.91 Å². The van der Waals surface area contributed by atoms with Crippen molar-refractivity contribution in [2.24, 2.45) is 0 Å². The summed E-state index contributed by atoms with van der Waals surface area (Å²) in [5.74, 6) is -0.671. The van der Waals surface area contributed by atoms with Gasteiger partial charge < -0.3 is 20.3 Å². The molecule has 0 unspecified atom stereocenters. The Morgan fingerprint density at radius 2 is 1.97 bits per heavy atom. The number of aliphatic hydroxyl groups is 1. The van der Waals surface area contributed by atoms with E-state index in [4.69, 9.17) is 0 Å². The van der Waals surface area contributed by atoms with Crippen LogP contribution in [0.1, 0.15) is 49.7 Å². The van der Waals surface area contributed by atoms with E-state index in [1.165, 1.54) is 11.3 Å². The minimum atomic E-state index is -0.810. The van der Waals surface area contributed by atoms with Crippen molar-refractivity contribution in [3.63, 3.8) is 0 Å². The van der Waals surface area contributed by atoms with Crippen molar-refractivity contribution in [2.75, 3.05) is 11.9 Å². The molecule has 0 bridgehead atoms. The first-order valence-electron chi connectivity index (χ1n) is 10.1. The number of amides is 2. The zero-order chi connectivity index (χ0) is 22.2. The maximum atomic E-state index is 12.3.